The van der Waals surface area contributed by atoms with Crippen LogP contribution in [0, 0.1) is 23.2 Å². The lowest BCUT2D eigenvalue weighted by molar-refractivity contribution is -0.149. The molecular formula is C15H24O3. The van der Waals surface area contributed by atoms with Crippen LogP contribution in [0.4, 0.5) is 0 Å². The second-order valence-electron chi connectivity index (χ2n) is 6.28. The summed E-state index contributed by atoms with van der Waals surface area (Å²) in [6.45, 7) is 3.99. The van der Waals surface area contributed by atoms with Gasteiger partial charge in [0.1, 0.15) is 5.78 Å². The van der Waals surface area contributed by atoms with Crippen LogP contribution in [0.1, 0.15) is 52.4 Å². The topological polar surface area (TPSA) is 43.4 Å². The molecule has 2 aliphatic carbocycles. The Bertz CT molecular complexity index is 342. The fourth-order valence-corrected chi connectivity index (χ4v) is 4.06. The average molecular weight is 252 g/mol. The summed E-state index contributed by atoms with van der Waals surface area (Å²) in [6, 6.07) is 0. The summed E-state index contributed by atoms with van der Waals surface area (Å²) in [5, 5.41) is 0. The first-order chi connectivity index (χ1) is 8.49. The Hall–Kier alpha value is -0.860. The maximum Gasteiger partial charge on any atom is 0.308 e. The van der Waals surface area contributed by atoms with Gasteiger partial charge in [0, 0.05) is 5.92 Å². The first-order valence-corrected chi connectivity index (χ1v) is 7.07. The maximum absolute atomic E-state index is 11.6. The zero-order valence-corrected chi connectivity index (χ0v) is 11.7. The number of carbonyl (C=O) groups excluding carboxylic acids is 2. The molecule has 3 heteroatoms. The Labute approximate surface area is 109 Å². The van der Waals surface area contributed by atoms with Gasteiger partial charge in [-0.1, -0.05) is 6.92 Å². The molecule has 0 spiro atoms. The number of ether oxygens (including phenoxy) is 1. The Balaban J connectivity index is 1.94. The summed E-state index contributed by atoms with van der Waals surface area (Å²) in [7, 11) is 1.47. The monoisotopic (exact) mass is 252 g/mol. The largest absolute Gasteiger partial charge is 0.469 e. The molecular weight excluding hydrogens is 228 g/mol. The molecule has 0 saturated heterocycles. The van der Waals surface area contributed by atoms with Gasteiger partial charge in [-0.25, -0.2) is 0 Å². The minimum Gasteiger partial charge on any atom is -0.469 e. The second-order valence-corrected chi connectivity index (χ2v) is 6.28. The Morgan fingerprint density at radius 1 is 1.11 bits per heavy atom. The van der Waals surface area contributed by atoms with Gasteiger partial charge in [-0.15, -0.1) is 0 Å². The number of hydrogen-bond acceptors (Lipinski definition) is 3. The molecule has 18 heavy (non-hydrogen) atoms. The van der Waals surface area contributed by atoms with E-state index in [0.29, 0.717) is 11.7 Å². The van der Waals surface area contributed by atoms with Crippen molar-refractivity contribution < 1.29 is 14.3 Å². The van der Waals surface area contributed by atoms with Gasteiger partial charge in [-0.3, -0.25) is 9.59 Å². The molecule has 3 nitrogen and oxygen atoms in total. The first-order valence-electron chi connectivity index (χ1n) is 7.07. The van der Waals surface area contributed by atoms with Crippen molar-refractivity contribution in [1.29, 1.82) is 0 Å². The fraction of sp³-hybridized carbons (Fsp3) is 0.867. The van der Waals surface area contributed by atoms with Gasteiger partial charge in [0.2, 0.25) is 0 Å². The summed E-state index contributed by atoms with van der Waals surface area (Å²) >= 11 is 0. The highest BCUT2D eigenvalue weighted by atomic mass is 16.5. The normalized spacial score (nSPS) is 39.8. The van der Waals surface area contributed by atoms with E-state index in [1.165, 1.54) is 13.5 Å². The predicted molar refractivity (Wildman–Crippen MR) is 69.0 cm³/mol. The number of Topliss-reactive ketones (excluding diaryl/α,β-unsaturated/α-hetero) is 1. The highest BCUT2D eigenvalue weighted by Crippen LogP contribution is 2.56. The average Bonchev–Trinajstić information content (AvgIpc) is 2.35. The number of esters is 1. The molecule has 2 fully saturated rings. The molecule has 2 saturated carbocycles. The number of rotatable bonds is 3. The Morgan fingerprint density at radius 2 is 1.72 bits per heavy atom. The van der Waals surface area contributed by atoms with Gasteiger partial charge in [-0.2, -0.15) is 0 Å². The van der Waals surface area contributed by atoms with Crippen molar-refractivity contribution in [2.45, 2.75) is 52.4 Å². The van der Waals surface area contributed by atoms with Crippen molar-refractivity contribution in [2.75, 3.05) is 7.11 Å². The van der Waals surface area contributed by atoms with Crippen LogP contribution in [0.25, 0.3) is 0 Å². The molecule has 0 aromatic rings. The standard InChI is InChI=1S/C15H24O3/c1-10(16)13-8-9-15(13,2)12-6-4-11(5-7-12)14(17)18-3/h11-13H,4-9H2,1-3H3/t11?,12?,13-,15-/m1/s1. The van der Waals surface area contributed by atoms with Crippen molar-refractivity contribution in [3.63, 3.8) is 0 Å². The van der Waals surface area contributed by atoms with Gasteiger partial charge in [0.25, 0.3) is 0 Å². The second kappa shape index (κ2) is 5.02. The Morgan fingerprint density at radius 3 is 2.11 bits per heavy atom. The summed E-state index contributed by atoms with van der Waals surface area (Å²) in [6.07, 6.45) is 6.22. The maximum atomic E-state index is 11.6. The fourth-order valence-electron chi connectivity index (χ4n) is 4.06. The molecule has 2 aliphatic rings. The summed E-state index contributed by atoms with van der Waals surface area (Å²) in [5.41, 5.74) is 0.201. The lowest BCUT2D eigenvalue weighted by Gasteiger charge is -2.52. The summed E-state index contributed by atoms with van der Waals surface area (Å²) in [4.78, 5) is 23.1. The molecule has 102 valence electrons. The number of methoxy groups -OCH3 is 1. The number of ketones is 1. The van der Waals surface area contributed by atoms with Crippen molar-refractivity contribution >= 4 is 11.8 Å². The van der Waals surface area contributed by atoms with E-state index in [-0.39, 0.29) is 23.2 Å². The minimum absolute atomic E-state index is 0.0599. The smallest absolute Gasteiger partial charge is 0.308 e. The zero-order chi connectivity index (χ0) is 13.3. The lowest BCUT2D eigenvalue weighted by Crippen LogP contribution is -2.48. The van der Waals surface area contributed by atoms with Crippen LogP contribution >= 0.6 is 0 Å². The van der Waals surface area contributed by atoms with Gasteiger partial charge < -0.3 is 4.74 Å². The quantitative estimate of drug-likeness (QED) is 0.725. The van der Waals surface area contributed by atoms with Crippen LogP contribution in [0.5, 0.6) is 0 Å². The number of hydrogen-bond donors (Lipinski definition) is 0. The lowest BCUT2D eigenvalue weighted by atomic mass is 9.51. The molecule has 0 aliphatic heterocycles. The molecule has 0 N–H and O–H groups in total. The first kappa shape index (κ1) is 13.6. The van der Waals surface area contributed by atoms with E-state index in [1.54, 1.807) is 6.92 Å². The summed E-state index contributed by atoms with van der Waals surface area (Å²) in [5.74, 6) is 1.25. The van der Waals surface area contributed by atoms with Crippen LogP contribution in [0.15, 0.2) is 0 Å². The Kier molecular flexibility index (Phi) is 3.79. The SMILES string of the molecule is COC(=O)C1CCC([C@@]2(C)CC[C@@H]2C(C)=O)CC1. The van der Waals surface area contributed by atoms with E-state index in [9.17, 15) is 9.59 Å². The van der Waals surface area contributed by atoms with E-state index in [4.69, 9.17) is 4.74 Å². The molecule has 0 unspecified atom stereocenters. The molecule has 0 aromatic carbocycles. The van der Waals surface area contributed by atoms with Crippen LogP contribution in [0.3, 0.4) is 0 Å². The van der Waals surface area contributed by atoms with Crippen LogP contribution < -0.4 is 0 Å². The van der Waals surface area contributed by atoms with Gasteiger partial charge in [0.05, 0.1) is 13.0 Å². The number of carbonyl (C=O) groups is 2. The highest BCUT2D eigenvalue weighted by Gasteiger charge is 2.50. The molecule has 0 amide bonds. The van der Waals surface area contributed by atoms with Gasteiger partial charge in [0.15, 0.2) is 0 Å². The predicted octanol–water partition coefficient (Wildman–Crippen LogP) is 2.97. The van der Waals surface area contributed by atoms with Crippen molar-refractivity contribution in [3.8, 4) is 0 Å². The van der Waals surface area contributed by atoms with E-state index in [2.05, 4.69) is 6.92 Å². The van der Waals surface area contributed by atoms with E-state index >= 15 is 0 Å². The molecule has 0 radical (unpaired) electrons. The zero-order valence-electron chi connectivity index (χ0n) is 11.7. The third-order valence-corrected chi connectivity index (χ3v) is 5.45. The van der Waals surface area contributed by atoms with Crippen LogP contribution in [0.2, 0.25) is 0 Å². The highest BCUT2D eigenvalue weighted by molar-refractivity contribution is 5.80. The van der Waals surface area contributed by atoms with Gasteiger partial charge in [-0.05, 0) is 56.8 Å². The van der Waals surface area contributed by atoms with E-state index in [0.717, 1.165) is 32.1 Å². The molecule has 2 rings (SSSR count). The molecule has 0 heterocycles. The van der Waals surface area contributed by atoms with Gasteiger partial charge >= 0.3 is 5.97 Å². The van der Waals surface area contributed by atoms with Crippen molar-refractivity contribution in [3.05, 3.63) is 0 Å². The molecule has 0 bridgehead atoms. The van der Waals surface area contributed by atoms with Crippen LogP contribution in [-0.4, -0.2) is 18.9 Å². The third-order valence-electron chi connectivity index (χ3n) is 5.45. The van der Waals surface area contributed by atoms with Crippen molar-refractivity contribution in [1.82, 2.24) is 0 Å². The minimum atomic E-state index is -0.0599. The third kappa shape index (κ3) is 2.19. The van der Waals surface area contributed by atoms with Crippen LogP contribution in [-0.2, 0) is 14.3 Å². The molecule has 0 aromatic heterocycles. The summed E-state index contributed by atoms with van der Waals surface area (Å²) < 4.78 is 4.82. The van der Waals surface area contributed by atoms with E-state index < -0.39 is 0 Å². The van der Waals surface area contributed by atoms with Crippen molar-refractivity contribution in [2.24, 2.45) is 23.2 Å². The van der Waals surface area contributed by atoms with E-state index in [1.807, 2.05) is 0 Å². The molecule has 2 atom stereocenters.